The molecule has 2 aliphatic heterocycles. The van der Waals surface area contributed by atoms with Crippen molar-refractivity contribution in [2.24, 2.45) is 5.73 Å². The molecule has 2 aromatic carbocycles. The Balaban J connectivity index is 1.37. The van der Waals surface area contributed by atoms with E-state index in [1.54, 1.807) is 30.3 Å². The van der Waals surface area contributed by atoms with Crippen LogP contribution >= 0.6 is 0 Å². The topological polar surface area (TPSA) is 204 Å². The van der Waals surface area contributed by atoms with E-state index in [9.17, 15) is 27.6 Å². The van der Waals surface area contributed by atoms with Crippen molar-refractivity contribution in [2.45, 2.75) is 30.7 Å². The normalized spacial score (nSPS) is 15.7. The largest absolute Gasteiger partial charge is 0.392 e. The van der Waals surface area contributed by atoms with Crippen molar-refractivity contribution in [3.8, 4) is 0 Å². The van der Waals surface area contributed by atoms with Crippen LogP contribution < -0.4 is 26.0 Å². The van der Waals surface area contributed by atoms with Gasteiger partial charge in [0.15, 0.2) is 0 Å². The summed E-state index contributed by atoms with van der Waals surface area (Å²) in [7, 11) is -4.27. The zero-order valence-corrected chi connectivity index (χ0v) is 23.8. The van der Waals surface area contributed by atoms with Gasteiger partial charge in [0, 0.05) is 44.4 Å². The van der Waals surface area contributed by atoms with E-state index in [2.05, 4.69) is 20.1 Å². The van der Waals surface area contributed by atoms with E-state index >= 15 is 0 Å². The Hall–Kier alpha value is -4.50. The molecule has 0 spiro atoms. The first-order chi connectivity index (χ1) is 19.9. The zero-order chi connectivity index (χ0) is 30.4. The summed E-state index contributed by atoms with van der Waals surface area (Å²) in [5.74, 6) is -3.10. The number of nitrogen functional groups attached to an aromatic ring is 1. The summed E-state index contributed by atoms with van der Waals surface area (Å²) in [5, 5.41) is 13.0. The third kappa shape index (κ3) is 7.41. The Morgan fingerprint density at radius 1 is 1.14 bits per heavy atom. The zero-order valence-electron chi connectivity index (χ0n) is 23.0. The molecule has 2 heterocycles. The van der Waals surface area contributed by atoms with Crippen LogP contribution in [0.5, 0.6) is 0 Å². The molecule has 42 heavy (non-hydrogen) atoms. The van der Waals surface area contributed by atoms with Gasteiger partial charge in [-0.1, -0.05) is 12.1 Å². The number of para-hydroxylation sites is 1. The number of esters is 2. The second kappa shape index (κ2) is 13.0. The Morgan fingerprint density at radius 2 is 1.88 bits per heavy atom. The number of nitrogens with one attached hydrogen (secondary N) is 4. The standard InChI is InChI=1S/C27H33N7O7S/c1-17(35)41-27(38)21(32-42(39,40)22-6-2-4-18-5-3-11-30-25(18)22)14-31-23(36)15-34-13-12-33(16-24(34)37)20-9-7-19(8-10-20)26(28)29/h2,4,6-10,21,30,32H,3,5,11-16H2,1H3,(H3,28,29)(H,31,36)/t21-/m0/s1. The highest BCUT2D eigenvalue weighted by atomic mass is 32.2. The van der Waals surface area contributed by atoms with Gasteiger partial charge in [-0.05, 0) is 48.7 Å². The number of aryl methyl sites for hydroxylation is 1. The number of ether oxygens (including phenoxy) is 1. The fourth-order valence-electron chi connectivity index (χ4n) is 4.73. The van der Waals surface area contributed by atoms with Gasteiger partial charge in [0.05, 0.1) is 18.8 Å². The van der Waals surface area contributed by atoms with Crippen LogP contribution in [0.15, 0.2) is 47.4 Å². The average Bonchev–Trinajstić information content (AvgIpc) is 2.95. The Morgan fingerprint density at radius 3 is 2.55 bits per heavy atom. The molecule has 0 radical (unpaired) electrons. The molecule has 0 bridgehead atoms. The minimum atomic E-state index is -4.27. The number of amides is 2. The van der Waals surface area contributed by atoms with Crippen LogP contribution in [0, 0.1) is 5.41 Å². The van der Waals surface area contributed by atoms with Crippen molar-refractivity contribution in [3.63, 3.8) is 0 Å². The lowest BCUT2D eigenvalue weighted by atomic mass is 10.0. The molecule has 2 aliphatic rings. The van der Waals surface area contributed by atoms with Crippen LogP contribution in [-0.2, 0) is 40.4 Å². The summed E-state index contributed by atoms with van der Waals surface area (Å²) in [6, 6.07) is 10.1. The van der Waals surface area contributed by atoms with Crippen LogP contribution in [0.4, 0.5) is 11.4 Å². The lowest BCUT2D eigenvalue weighted by Crippen LogP contribution is -2.54. The first-order valence-electron chi connectivity index (χ1n) is 13.3. The molecule has 224 valence electrons. The van der Waals surface area contributed by atoms with Crippen LogP contribution in [0.3, 0.4) is 0 Å². The number of amidine groups is 1. The highest BCUT2D eigenvalue weighted by Crippen LogP contribution is 2.29. The van der Waals surface area contributed by atoms with Gasteiger partial charge in [0.2, 0.25) is 21.8 Å². The van der Waals surface area contributed by atoms with E-state index in [-0.39, 0.29) is 36.3 Å². The Bertz CT molecular complexity index is 1490. The number of nitrogens with two attached hydrogens (primary N) is 1. The number of carbonyl (C=O) groups is 4. The van der Waals surface area contributed by atoms with E-state index in [4.69, 9.17) is 11.1 Å². The number of piperazine rings is 1. The number of benzene rings is 2. The summed E-state index contributed by atoms with van der Waals surface area (Å²) in [4.78, 5) is 52.6. The number of anilines is 2. The van der Waals surface area contributed by atoms with Gasteiger partial charge in [-0.3, -0.25) is 19.8 Å². The van der Waals surface area contributed by atoms with E-state index in [0.717, 1.165) is 24.6 Å². The minimum absolute atomic E-state index is 0.0233. The highest BCUT2D eigenvalue weighted by Gasteiger charge is 2.32. The van der Waals surface area contributed by atoms with Gasteiger partial charge < -0.3 is 30.9 Å². The Kier molecular flexibility index (Phi) is 9.42. The first kappa shape index (κ1) is 30.5. The van der Waals surface area contributed by atoms with E-state index in [0.29, 0.717) is 30.8 Å². The molecule has 14 nitrogen and oxygen atoms in total. The fourth-order valence-corrected chi connectivity index (χ4v) is 6.14. The van der Waals surface area contributed by atoms with Crippen molar-refractivity contribution >= 4 is 51.0 Å². The molecule has 6 N–H and O–H groups in total. The molecule has 2 amide bonds. The van der Waals surface area contributed by atoms with Gasteiger partial charge >= 0.3 is 11.9 Å². The van der Waals surface area contributed by atoms with Crippen molar-refractivity contribution in [1.29, 1.82) is 5.41 Å². The number of sulfonamides is 1. The quantitative estimate of drug-likeness (QED) is 0.103. The molecule has 0 aromatic heterocycles. The first-order valence-corrected chi connectivity index (χ1v) is 14.8. The van der Waals surface area contributed by atoms with Crippen molar-refractivity contribution in [2.75, 3.05) is 49.5 Å². The monoisotopic (exact) mass is 599 g/mol. The minimum Gasteiger partial charge on any atom is -0.392 e. The van der Waals surface area contributed by atoms with Gasteiger partial charge in [-0.15, -0.1) is 0 Å². The average molecular weight is 600 g/mol. The van der Waals surface area contributed by atoms with Crippen molar-refractivity contribution in [3.05, 3.63) is 53.6 Å². The molecular formula is C27H33N7O7S. The number of carbonyl (C=O) groups excluding carboxylic acids is 4. The van der Waals surface area contributed by atoms with E-state index in [1.165, 1.54) is 11.0 Å². The van der Waals surface area contributed by atoms with Gasteiger partial charge in [-0.2, -0.15) is 4.72 Å². The summed E-state index contributed by atoms with van der Waals surface area (Å²) in [6.07, 6.45) is 1.53. The van der Waals surface area contributed by atoms with Crippen molar-refractivity contribution < 1.29 is 32.3 Å². The van der Waals surface area contributed by atoms with Crippen molar-refractivity contribution in [1.82, 2.24) is 14.9 Å². The maximum atomic E-state index is 13.3. The van der Waals surface area contributed by atoms with Gasteiger partial charge in [0.25, 0.3) is 0 Å². The molecule has 1 saturated heterocycles. The van der Waals surface area contributed by atoms with E-state index < -0.39 is 40.5 Å². The molecule has 0 saturated carbocycles. The SMILES string of the molecule is CC(=O)OC(=O)[C@H](CNC(=O)CN1CCN(c2ccc(C(=N)N)cc2)CC1=O)NS(=O)(=O)c1cccc2c1NCCC2. The van der Waals surface area contributed by atoms with Crippen LogP contribution in [-0.4, -0.2) is 88.2 Å². The molecule has 1 fully saturated rings. The smallest absolute Gasteiger partial charge is 0.333 e. The molecule has 15 heteroatoms. The summed E-state index contributed by atoms with van der Waals surface area (Å²) in [5.41, 5.74) is 8.07. The van der Waals surface area contributed by atoms with Gasteiger partial charge in [0.1, 0.15) is 16.8 Å². The lowest BCUT2D eigenvalue weighted by molar-refractivity contribution is -0.159. The fraction of sp³-hybridized carbons (Fsp3) is 0.370. The number of hydrogen-bond donors (Lipinski definition) is 5. The van der Waals surface area contributed by atoms with Crippen LogP contribution in [0.25, 0.3) is 0 Å². The predicted octanol–water partition coefficient (Wildman–Crippen LogP) is -0.470. The predicted molar refractivity (Wildman–Crippen MR) is 153 cm³/mol. The molecule has 2 aromatic rings. The summed E-state index contributed by atoms with van der Waals surface area (Å²) in [6.45, 7) is 1.48. The lowest BCUT2D eigenvalue weighted by Gasteiger charge is -2.35. The number of nitrogens with zero attached hydrogens (tertiary/aromatic N) is 2. The number of fused-ring (bicyclic) bond motifs is 1. The van der Waals surface area contributed by atoms with Crippen LogP contribution in [0.2, 0.25) is 0 Å². The molecular weight excluding hydrogens is 566 g/mol. The maximum absolute atomic E-state index is 13.3. The molecule has 0 aliphatic carbocycles. The van der Waals surface area contributed by atoms with Gasteiger partial charge in [-0.25, -0.2) is 13.2 Å². The van der Waals surface area contributed by atoms with E-state index in [1.807, 2.05) is 11.0 Å². The third-order valence-corrected chi connectivity index (χ3v) is 8.37. The third-order valence-electron chi connectivity index (χ3n) is 6.85. The number of hydrogen-bond acceptors (Lipinski definition) is 10. The summed E-state index contributed by atoms with van der Waals surface area (Å²) >= 11 is 0. The number of rotatable bonds is 10. The molecule has 4 rings (SSSR count). The van der Waals surface area contributed by atoms with Crippen LogP contribution in [0.1, 0.15) is 24.5 Å². The second-order valence-corrected chi connectivity index (χ2v) is 11.6. The second-order valence-electron chi connectivity index (χ2n) is 9.91. The Labute approximate surface area is 243 Å². The molecule has 0 unspecified atom stereocenters. The maximum Gasteiger partial charge on any atom is 0.333 e. The highest BCUT2D eigenvalue weighted by molar-refractivity contribution is 7.89. The molecule has 1 atom stereocenters. The summed E-state index contributed by atoms with van der Waals surface area (Å²) < 4.78 is 33.4.